The lowest BCUT2D eigenvalue weighted by Gasteiger charge is -2.28. The minimum atomic E-state index is -1.19. The summed E-state index contributed by atoms with van der Waals surface area (Å²) in [6, 6.07) is 11.7. The van der Waals surface area contributed by atoms with Gasteiger partial charge in [0.2, 0.25) is 17.6 Å². The van der Waals surface area contributed by atoms with E-state index in [1.54, 1.807) is 22.9 Å². The van der Waals surface area contributed by atoms with E-state index in [9.17, 15) is 24.0 Å². The number of rotatable bonds is 12. The first-order valence-electron chi connectivity index (χ1n) is 15.4. The molecule has 10 nitrogen and oxygen atoms in total. The van der Waals surface area contributed by atoms with Crippen molar-refractivity contribution in [3.63, 3.8) is 0 Å². The molecule has 2 aromatic heterocycles. The number of carbonyl (C=O) groups is 5. The number of fused-ring (bicyclic) bond motifs is 1. The van der Waals surface area contributed by atoms with Crippen LogP contribution in [0.1, 0.15) is 73.8 Å². The lowest BCUT2D eigenvalue weighted by molar-refractivity contribution is -0.141. The molecule has 0 radical (unpaired) electrons. The van der Waals surface area contributed by atoms with Crippen LogP contribution in [0.25, 0.3) is 5.65 Å². The van der Waals surface area contributed by atoms with Crippen LogP contribution in [-0.4, -0.2) is 57.3 Å². The molecule has 1 aliphatic heterocycles. The lowest BCUT2D eigenvalue weighted by Crippen LogP contribution is -2.53. The van der Waals surface area contributed by atoms with Gasteiger partial charge in [0.25, 0.3) is 5.91 Å². The number of nitrogens with one attached hydrogen (secondary N) is 3. The van der Waals surface area contributed by atoms with E-state index in [4.69, 9.17) is 0 Å². The van der Waals surface area contributed by atoms with Crippen LogP contribution in [0.3, 0.4) is 0 Å². The van der Waals surface area contributed by atoms with Gasteiger partial charge in [-0.15, -0.1) is 0 Å². The van der Waals surface area contributed by atoms with E-state index in [1.807, 2.05) is 36.4 Å². The summed E-state index contributed by atoms with van der Waals surface area (Å²) in [5.74, 6) is -3.88. The summed E-state index contributed by atoms with van der Waals surface area (Å²) in [6.45, 7) is 0.559. The molecule has 11 heteroatoms. The molecule has 44 heavy (non-hydrogen) atoms. The second-order valence-electron chi connectivity index (χ2n) is 11.9. The molecule has 1 saturated carbocycles. The van der Waals surface area contributed by atoms with Crippen molar-refractivity contribution in [1.29, 1.82) is 0 Å². The van der Waals surface area contributed by atoms with Crippen molar-refractivity contribution < 1.29 is 24.0 Å². The van der Waals surface area contributed by atoms with Gasteiger partial charge < -0.3 is 20.4 Å². The number of pyridine rings is 1. The smallest absolute Gasteiger partial charge is 0.289 e. The van der Waals surface area contributed by atoms with Crippen LogP contribution >= 0.6 is 15.9 Å². The summed E-state index contributed by atoms with van der Waals surface area (Å²) < 4.78 is 2.57. The number of aromatic nitrogens is 2. The van der Waals surface area contributed by atoms with Gasteiger partial charge in [-0.3, -0.25) is 24.0 Å². The Morgan fingerprint density at radius 3 is 2.50 bits per heavy atom. The van der Waals surface area contributed by atoms with Gasteiger partial charge in [-0.2, -0.15) is 0 Å². The van der Waals surface area contributed by atoms with E-state index in [0.717, 1.165) is 48.6 Å². The van der Waals surface area contributed by atoms with Gasteiger partial charge in [0.05, 0.1) is 6.04 Å². The second-order valence-corrected chi connectivity index (χ2v) is 12.8. The number of benzene rings is 1. The van der Waals surface area contributed by atoms with Gasteiger partial charge in [0.1, 0.15) is 11.3 Å². The predicted octanol–water partition coefficient (Wildman–Crippen LogP) is 3.95. The van der Waals surface area contributed by atoms with Crippen LogP contribution in [-0.2, 0) is 25.6 Å². The summed E-state index contributed by atoms with van der Waals surface area (Å²) >= 11 is 3.42. The van der Waals surface area contributed by atoms with Gasteiger partial charge in [0.15, 0.2) is 5.78 Å². The van der Waals surface area contributed by atoms with Crippen molar-refractivity contribution in [2.24, 2.45) is 11.8 Å². The zero-order chi connectivity index (χ0) is 31.1. The van der Waals surface area contributed by atoms with E-state index < -0.39 is 35.5 Å². The zero-order valence-corrected chi connectivity index (χ0v) is 26.2. The summed E-state index contributed by atoms with van der Waals surface area (Å²) in [6.07, 6.45) is 9.54. The molecule has 3 N–H and O–H groups in total. The van der Waals surface area contributed by atoms with Crippen molar-refractivity contribution in [2.75, 3.05) is 6.54 Å². The molecule has 5 rings (SSSR count). The SMILES string of the molecule is O=C(NC1CCCCC1)C(=O)[C@H](C[C@@H]1CCCNC1=O)NC(=O)[C@@H](CC(=O)c1cn2cc(Br)ccc2n1)Cc1ccccc1. The average Bonchev–Trinajstić information content (AvgIpc) is 3.45. The highest BCUT2D eigenvalue weighted by Crippen LogP contribution is 2.22. The number of halogens is 1. The van der Waals surface area contributed by atoms with Gasteiger partial charge in [0, 0.05) is 47.7 Å². The highest BCUT2D eigenvalue weighted by molar-refractivity contribution is 9.10. The lowest BCUT2D eigenvalue weighted by atomic mass is 9.88. The molecule has 3 amide bonds. The third-order valence-corrected chi connectivity index (χ3v) is 9.01. The molecule has 0 unspecified atom stereocenters. The summed E-state index contributed by atoms with van der Waals surface area (Å²) in [4.78, 5) is 71.1. The summed E-state index contributed by atoms with van der Waals surface area (Å²) in [7, 11) is 0. The third kappa shape index (κ3) is 8.19. The van der Waals surface area contributed by atoms with Crippen LogP contribution in [0.5, 0.6) is 0 Å². The maximum Gasteiger partial charge on any atom is 0.289 e. The fourth-order valence-corrected chi connectivity index (χ4v) is 6.46. The Morgan fingerprint density at radius 2 is 1.75 bits per heavy atom. The monoisotopic (exact) mass is 663 g/mol. The second kappa shape index (κ2) is 14.7. The highest BCUT2D eigenvalue weighted by atomic mass is 79.9. The molecule has 3 heterocycles. The number of hydrogen-bond acceptors (Lipinski definition) is 6. The topological polar surface area (TPSA) is 139 Å². The number of Topliss-reactive ketones (excluding diaryl/α,β-unsaturated/α-hetero) is 2. The molecule has 2 aliphatic rings. The maximum atomic E-state index is 13.9. The Bertz CT molecular complexity index is 1520. The van der Waals surface area contributed by atoms with Crippen molar-refractivity contribution >= 4 is 50.9 Å². The standard InChI is InChI=1S/C33H38BrN5O5/c34-24-13-14-29-37-27(20-39(29)19-24)28(40)18-23(16-21-8-3-1-4-9-21)32(43)38-26(17-22-10-7-15-35-31(22)42)30(41)33(44)36-25-11-5-2-6-12-25/h1,3-4,8-9,13-14,19-20,22-23,25-26H,2,5-7,10-12,15-18H2,(H,35,42)(H,36,44)(H,38,43)/t22-,23+,26-/m0/s1. The number of amides is 3. The number of nitrogens with zero attached hydrogens (tertiary/aromatic N) is 2. The predicted molar refractivity (Wildman–Crippen MR) is 168 cm³/mol. The molecule has 1 aliphatic carbocycles. The Kier molecular flexibility index (Phi) is 10.6. The molecular formula is C33H38BrN5O5. The van der Waals surface area contributed by atoms with Crippen molar-refractivity contribution in [1.82, 2.24) is 25.3 Å². The van der Waals surface area contributed by atoms with Crippen LogP contribution < -0.4 is 16.0 Å². The highest BCUT2D eigenvalue weighted by Gasteiger charge is 2.36. The van der Waals surface area contributed by atoms with Gasteiger partial charge in [-0.25, -0.2) is 4.98 Å². The van der Waals surface area contributed by atoms with E-state index in [-0.39, 0.29) is 42.7 Å². The number of ketones is 2. The minimum Gasteiger partial charge on any atom is -0.356 e. The van der Waals surface area contributed by atoms with Crippen LogP contribution in [0.4, 0.5) is 0 Å². The quantitative estimate of drug-likeness (QED) is 0.198. The summed E-state index contributed by atoms with van der Waals surface area (Å²) in [5.41, 5.74) is 1.68. The Labute approximate surface area is 264 Å². The molecule has 0 spiro atoms. The van der Waals surface area contributed by atoms with Gasteiger partial charge >= 0.3 is 0 Å². The largest absolute Gasteiger partial charge is 0.356 e. The number of piperidine rings is 1. The molecule has 0 bridgehead atoms. The Hall–Kier alpha value is -3.86. The Morgan fingerprint density at radius 1 is 0.977 bits per heavy atom. The average molecular weight is 665 g/mol. The first-order valence-corrected chi connectivity index (χ1v) is 16.2. The van der Waals surface area contributed by atoms with E-state index >= 15 is 0 Å². The van der Waals surface area contributed by atoms with E-state index in [2.05, 4.69) is 36.9 Å². The first kappa shape index (κ1) is 31.6. The molecular weight excluding hydrogens is 626 g/mol. The number of hydrogen-bond donors (Lipinski definition) is 3. The van der Waals surface area contributed by atoms with Gasteiger partial charge in [-0.05, 0) is 72.2 Å². The summed E-state index contributed by atoms with van der Waals surface area (Å²) in [5, 5.41) is 8.47. The van der Waals surface area contributed by atoms with Crippen LogP contribution in [0.15, 0.2) is 59.3 Å². The fraction of sp³-hybridized carbons (Fsp3) is 0.455. The van der Waals surface area contributed by atoms with Crippen molar-refractivity contribution in [3.8, 4) is 0 Å². The van der Waals surface area contributed by atoms with Crippen molar-refractivity contribution in [2.45, 2.75) is 76.3 Å². The molecule has 1 saturated heterocycles. The molecule has 3 atom stereocenters. The fourth-order valence-electron chi connectivity index (χ4n) is 6.11. The normalized spacial score (nSPS) is 18.7. The molecule has 232 valence electrons. The van der Waals surface area contributed by atoms with Crippen LogP contribution in [0, 0.1) is 11.8 Å². The number of carbonyl (C=O) groups excluding carboxylic acids is 5. The Balaban J connectivity index is 1.36. The molecule has 1 aromatic carbocycles. The minimum absolute atomic E-state index is 0.0157. The zero-order valence-electron chi connectivity index (χ0n) is 24.6. The number of imidazole rings is 1. The molecule has 3 aromatic rings. The molecule has 2 fully saturated rings. The van der Waals surface area contributed by atoms with Crippen molar-refractivity contribution in [3.05, 3.63) is 70.6 Å². The van der Waals surface area contributed by atoms with Crippen LogP contribution in [0.2, 0.25) is 0 Å². The first-order chi connectivity index (χ1) is 21.3. The third-order valence-electron chi connectivity index (χ3n) is 8.54. The van der Waals surface area contributed by atoms with E-state index in [0.29, 0.717) is 18.6 Å². The van der Waals surface area contributed by atoms with Gasteiger partial charge in [-0.1, -0.05) is 49.6 Å². The maximum absolute atomic E-state index is 13.9. The van der Waals surface area contributed by atoms with E-state index in [1.165, 1.54) is 0 Å².